The molecular formula is C14H16O6. The standard InChI is InChI=1S/C14H16O6/c1-9(15)19-7-11-4-5-12(8-20-10(2)16)13(6-11)14(17)18-3/h4-6H,7-8H2,1-3H3. The van der Waals surface area contributed by atoms with Crippen molar-refractivity contribution in [3.63, 3.8) is 0 Å². The molecule has 0 amide bonds. The predicted octanol–water partition coefficient (Wildman–Crippen LogP) is 1.60. The molecule has 1 rings (SSSR count). The van der Waals surface area contributed by atoms with Gasteiger partial charge in [-0.05, 0) is 11.6 Å². The number of methoxy groups -OCH3 is 1. The van der Waals surface area contributed by atoms with Crippen LogP contribution in [0.3, 0.4) is 0 Å². The Hall–Kier alpha value is -2.37. The van der Waals surface area contributed by atoms with E-state index in [1.807, 2.05) is 0 Å². The number of carbonyl (C=O) groups is 3. The van der Waals surface area contributed by atoms with Crippen molar-refractivity contribution in [1.82, 2.24) is 0 Å². The van der Waals surface area contributed by atoms with Gasteiger partial charge in [-0.1, -0.05) is 12.1 Å². The molecule has 0 aromatic heterocycles. The zero-order valence-electron chi connectivity index (χ0n) is 11.6. The van der Waals surface area contributed by atoms with E-state index in [1.54, 1.807) is 18.2 Å². The average molecular weight is 280 g/mol. The van der Waals surface area contributed by atoms with Gasteiger partial charge in [0.2, 0.25) is 0 Å². The van der Waals surface area contributed by atoms with Crippen molar-refractivity contribution in [3.8, 4) is 0 Å². The second-order valence-corrected chi connectivity index (χ2v) is 4.04. The Bertz CT molecular complexity index is 520. The molecule has 0 aliphatic heterocycles. The van der Waals surface area contributed by atoms with Crippen molar-refractivity contribution in [2.45, 2.75) is 27.1 Å². The third kappa shape index (κ3) is 4.72. The summed E-state index contributed by atoms with van der Waals surface area (Å²) in [6, 6.07) is 4.87. The van der Waals surface area contributed by atoms with Gasteiger partial charge in [0.25, 0.3) is 0 Å². The molecule has 0 heterocycles. The first-order valence-electron chi connectivity index (χ1n) is 5.91. The van der Waals surface area contributed by atoms with Gasteiger partial charge in [0.15, 0.2) is 0 Å². The van der Waals surface area contributed by atoms with Gasteiger partial charge in [0.1, 0.15) is 13.2 Å². The molecule has 0 aliphatic rings. The van der Waals surface area contributed by atoms with Gasteiger partial charge in [-0.2, -0.15) is 0 Å². The lowest BCUT2D eigenvalue weighted by molar-refractivity contribution is -0.143. The first-order valence-corrected chi connectivity index (χ1v) is 5.91. The lowest BCUT2D eigenvalue weighted by Gasteiger charge is -2.10. The van der Waals surface area contributed by atoms with Crippen LogP contribution < -0.4 is 0 Å². The Morgan fingerprint density at radius 3 is 2.15 bits per heavy atom. The maximum absolute atomic E-state index is 11.7. The Labute approximate surface area is 116 Å². The molecule has 0 aliphatic carbocycles. The summed E-state index contributed by atoms with van der Waals surface area (Å²) in [5, 5.41) is 0. The summed E-state index contributed by atoms with van der Waals surface area (Å²) in [6.45, 7) is 2.63. The highest BCUT2D eigenvalue weighted by Crippen LogP contribution is 2.16. The molecule has 6 heteroatoms. The lowest BCUT2D eigenvalue weighted by Crippen LogP contribution is -2.10. The van der Waals surface area contributed by atoms with E-state index in [9.17, 15) is 14.4 Å². The van der Waals surface area contributed by atoms with Crippen LogP contribution in [-0.2, 0) is 37.0 Å². The summed E-state index contributed by atoms with van der Waals surface area (Å²) in [4.78, 5) is 33.3. The fourth-order valence-electron chi connectivity index (χ4n) is 1.50. The zero-order chi connectivity index (χ0) is 15.1. The topological polar surface area (TPSA) is 78.9 Å². The molecule has 1 aromatic carbocycles. The van der Waals surface area contributed by atoms with E-state index in [1.165, 1.54) is 21.0 Å². The monoisotopic (exact) mass is 280 g/mol. The maximum atomic E-state index is 11.7. The van der Waals surface area contributed by atoms with Crippen molar-refractivity contribution in [2.75, 3.05) is 7.11 Å². The van der Waals surface area contributed by atoms with Crippen LogP contribution >= 0.6 is 0 Å². The van der Waals surface area contributed by atoms with E-state index in [2.05, 4.69) is 4.74 Å². The fourth-order valence-corrected chi connectivity index (χ4v) is 1.50. The van der Waals surface area contributed by atoms with Crippen LogP contribution in [0.2, 0.25) is 0 Å². The van der Waals surface area contributed by atoms with E-state index in [-0.39, 0.29) is 18.8 Å². The minimum atomic E-state index is -0.545. The summed E-state index contributed by atoms with van der Waals surface area (Å²) < 4.78 is 14.4. The summed E-state index contributed by atoms with van der Waals surface area (Å²) in [5.41, 5.74) is 1.45. The largest absolute Gasteiger partial charge is 0.465 e. The van der Waals surface area contributed by atoms with Crippen LogP contribution in [0.15, 0.2) is 18.2 Å². The lowest BCUT2D eigenvalue weighted by atomic mass is 10.0. The first-order chi connectivity index (χ1) is 9.43. The molecule has 0 bridgehead atoms. The van der Waals surface area contributed by atoms with Crippen molar-refractivity contribution >= 4 is 17.9 Å². The molecule has 0 radical (unpaired) electrons. The highest BCUT2D eigenvalue weighted by Gasteiger charge is 2.14. The van der Waals surface area contributed by atoms with Gasteiger partial charge in [0.05, 0.1) is 12.7 Å². The van der Waals surface area contributed by atoms with Crippen LogP contribution in [0, 0.1) is 0 Å². The van der Waals surface area contributed by atoms with Gasteiger partial charge in [0, 0.05) is 19.4 Å². The summed E-state index contributed by atoms with van der Waals surface area (Å²) in [7, 11) is 1.26. The van der Waals surface area contributed by atoms with Crippen molar-refractivity contribution in [1.29, 1.82) is 0 Å². The van der Waals surface area contributed by atoms with Crippen molar-refractivity contribution < 1.29 is 28.6 Å². The third-order valence-electron chi connectivity index (χ3n) is 2.45. The number of hydrogen-bond donors (Lipinski definition) is 0. The molecule has 108 valence electrons. The van der Waals surface area contributed by atoms with Gasteiger partial charge < -0.3 is 14.2 Å². The summed E-state index contributed by atoms with van der Waals surface area (Å²) >= 11 is 0. The maximum Gasteiger partial charge on any atom is 0.338 e. The zero-order valence-corrected chi connectivity index (χ0v) is 11.6. The normalized spacial score (nSPS) is 9.75. The first kappa shape index (κ1) is 15.7. The van der Waals surface area contributed by atoms with E-state index in [4.69, 9.17) is 9.47 Å². The Morgan fingerprint density at radius 1 is 1.00 bits per heavy atom. The Balaban J connectivity index is 2.96. The molecule has 0 N–H and O–H groups in total. The van der Waals surface area contributed by atoms with Crippen LogP contribution in [0.4, 0.5) is 0 Å². The van der Waals surface area contributed by atoms with E-state index in [0.717, 1.165) is 0 Å². The quantitative estimate of drug-likeness (QED) is 0.602. The molecule has 0 saturated carbocycles. The molecular weight excluding hydrogens is 264 g/mol. The Kier molecular flexibility index (Phi) is 5.71. The molecule has 0 saturated heterocycles. The number of hydrogen-bond acceptors (Lipinski definition) is 6. The molecule has 0 fully saturated rings. The third-order valence-corrected chi connectivity index (χ3v) is 2.45. The van der Waals surface area contributed by atoms with Gasteiger partial charge in [-0.15, -0.1) is 0 Å². The second-order valence-electron chi connectivity index (χ2n) is 4.04. The van der Waals surface area contributed by atoms with Crippen LogP contribution in [0.5, 0.6) is 0 Å². The van der Waals surface area contributed by atoms with Gasteiger partial charge in [-0.3, -0.25) is 9.59 Å². The molecule has 6 nitrogen and oxygen atoms in total. The highest BCUT2D eigenvalue weighted by atomic mass is 16.5. The molecule has 1 aromatic rings. The minimum absolute atomic E-state index is 0.0202. The van der Waals surface area contributed by atoms with Crippen LogP contribution in [-0.4, -0.2) is 25.0 Å². The van der Waals surface area contributed by atoms with Gasteiger partial charge >= 0.3 is 17.9 Å². The Morgan fingerprint density at radius 2 is 1.60 bits per heavy atom. The summed E-state index contributed by atoms with van der Waals surface area (Å²) in [6.07, 6.45) is 0. The average Bonchev–Trinajstić information content (AvgIpc) is 2.42. The minimum Gasteiger partial charge on any atom is -0.465 e. The second kappa shape index (κ2) is 7.28. The highest BCUT2D eigenvalue weighted by molar-refractivity contribution is 5.91. The SMILES string of the molecule is COC(=O)c1cc(COC(C)=O)ccc1COC(C)=O. The van der Waals surface area contributed by atoms with Crippen molar-refractivity contribution in [2.24, 2.45) is 0 Å². The molecule has 0 spiro atoms. The van der Waals surface area contributed by atoms with E-state index >= 15 is 0 Å². The van der Waals surface area contributed by atoms with E-state index in [0.29, 0.717) is 11.1 Å². The fraction of sp³-hybridized carbons (Fsp3) is 0.357. The van der Waals surface area contributed by atoms with Crippen molar-refractivity contribution in [3.05, 3.63) is 34.9 Å². The number of benzene rings is 1. The molecule has 0 unspecified atom stereocenters. The number of ether oxygens (including phenoxy) is 3. The number of esters is 3. The predicted molar refractivity (Wildman–Crippen MR) is 68.7 cm³/mol. The molecule has 0 atom stereocenters. The summed E-state index contributed by atoms with van der Waals surface area (Å²) in [5.74, 6) is -1.39. The molecule has 20 heavy (non-hydrogen) atoms. The van der Waals surface area contributed by atoms with E-state index < -0.39 is 17.9 Å². The number of rotatable bonds is 5. The van der Waals surface area contributed by atoms with Crippen LogP contribution in [0.1, 0.15) is 35.3 Å². The smallest absolute Gasteiger partial charge is 0.338 e. The number of carbonyl (C=O) groups excluding carboxylic acids is 3. The van der Waals surface area contributed by atoms with Crippen LogP contribution in [0.25, 0.3) is 0 Å². The van der Waals surface area contributed by atoms with Gasteiger partial charge in [-0.25, -0.2) is 4.79 Å².